The Morgan fingerprint density at radius 2 is 1.44 bits per heavy atom. The Morgan fingerprint density at radius 1 is 0.829 bits per heavy atom. The van der Waals surface area contributed by atoms with Crippen LogP contribution in [-0.4, -0.2) is 90.6 Å². The molecule has 1 aliphatic heterocycles. The van der Waals surface area contributed by atoms with E-state index in [0.29, 0.717) is 5.69 Å². The van der Waals surface area contributed by atoms with Gasteiger partial charge in [0.05, 0.1) is 25.3 Å². The van der Waals surface area contributed by atoms with Crippen molar-refractivity contribution in [3.63, 3.8) is 0 Å². The number of piperazine rings is 1. The topological polar surface area (TPSA) is 111 Å². The van der Waals surface area contributed by atoms with Crippen LogP contribution in [0.1, 0.15) is 16.8 Å². The molecule has 1 aliphatic rings. The standard InChI is InChI=1S/C30H38N6O5/c1-39-21-20-35-16-14-34(15-17-35)18-19-36-13-12-27(33-36)22-28(31-29(37)40-23-25-8-4-2-5-9-25)32-30(38)41-24-26-10-6-3-7-11-26/h2-13H,14-24H2,1H3,(H,31,32,37,38). The average molecular weight is 563 g/mol. The first kappa shape index (κ1) is 29.9. The number of amidine groups is 1. The largest absolute Gasteiger partial charge is 0.444 e. The Kier molecular flexibility index (Phi) is 11.9. The lowest BCUT2D eigenvalue weighted by atomic mass is 10.2. The SMILES string of the molecule is COCCN1CCN(CCn2ccc(CC(=NC(=O)OCc3ccccc3)NC(=O)OCc3ccccc3)n2)CC1. The van der Waals surface area contributed by atoms with E-state index in [-0.39, 0.29) is 25.5 Å². The van der Waals surface area contributed by atoms with Crippen molar-refractivity contribution in [1.82, 2.24) is 24.9 Å². The zero-order chi connectivity index (χ0) is 28.7. The number of benzene rings is 2. The minimum absolute atomic E-state index is 0.0736. The molecule has 0 radical (unpaired) electrons. The summed E-state index contributed by atoms with van der Waals surface area (Å²) in [4.78, 5) is 33.9. The highest BCUT2D eigenvalue weighted by Gasteiger charge is 2.17. The molecule has 3 aromatic rings. The highest BCUT2D eigenvalue weighted by molar-refractivity contribution is 6.00. The van der Waals surface area contributed by atoms with Gasteiger partial charge in [0.2, 0.25) is 0 Å². The Hall–Kier alpha value is -4.06. The maximum absolute atomic E-state index is 12.5. The predicted octanol–water partition coefficient (Wildman–Crippen LogP) is 3.35. The molecule has 4 rings (SSSR count). The molecule has 1 saturated heterocycles. The van der Waals surface area contributed by atoms with E-state index < -0.39 is 12.2 Å². The fraction of sp³-hybridized carbons (Fsp3) is 0.400. The number of carbonyl (C=O) groups is 2. The number of alkyl carbamates (subject to hydrolysis) is 1. The van der Waals surface area contributed by atoms with Crippen molar-refractivity contribution in [2.45, 2.75) is 26.2 Å². The molecule has 2 amide bonds. The van der Waals surface area contributed by atoms with Crippen molar-refractivity contribution >= 4 is 18.0 Å². The van der Waals surface area contributed by atoms with E-state index in [4.69, 9.17) is 14.2 Å². The van der Waals surface area contributed by atoms with E-state index in [2.05, 4.69) is 25.2 Å². The van der Waals surface area contributed by atoms with Crippen molar-refractivity contribution in [1.29, 1.82) is 0 Å². The second kappa shape index (κ2) is 16.3. The zero-order valence-corrected chi connectivity index (χ0v) is 23.5. The van der Waals surface area contributed by atoms with Gasteiger partial charge in [-0.2, -0.15) is 10.1 Å². The first-order valence-corrected chi connectivity index (χ1v) is 13.8. The number of carbonyl (C=O) groups excluding carboxylic acids is 2. The first-order valence-electron chi connectivity index (χ1n) is 13.8. The normalized spacial score (nSPS) is 14.5. The summed E-state index contributed by atoms with van der Waals surface area (Å²) in [7, 11) is 1.73. The van der Waals surface area contributed by atoms with Crippen LogP contribution in [0.15, 0.2) is 77.9 Å². The van der Waals surface area contributed by atoms with E-state index in [1.807, 2.05) is 77.6 Å². The molecule has 11 nitrogen and oxygen atoms in total. The predicted molar refractivity (Wildman–Crippen MR) is 155 cm³/mol. The summed E-state index contributed by atoms with van der Waals surface area (Å²) in [5, 5.41) is 7.22. The lowest BCUT2D eigenvalue weighted by Gasteiger charge is -2.34. The van der Waals surface area contributed by atoms with E-state index in [9.17, 15) is 9.59 Å². The van der Waals surface area contributed by atoms with E-state index in [1.54, 1.807) is 7.11 Å². The van der Waals surface area contributed by atoms with E-state index in [0.717, 1.165) is 63.5 Å². The van der Waals surface area contributed by atoms with Crippen LogP contribution in [0.2, 0.25) is 0 Å². The first-order chi connectivity index (χ1) is 20.1. The van der Waals surface area contributed by atoms with Crippen molar-refractivity contribution in [2.24, 2.45) is 4.99 Å². The molecule has 11 heteroatoms. The highest BCUT2D eigenvalue weighted by atomic mass is 16.6. The van der Waals surface area contributed by atoms with Crippen LogP contribution in [0.5, 0.6) is 0 Å². The average Bonchev–Trinajstić information content (AvgIpc) is 3.45. The second-order valence-corrected chi connectivity index (χ2v) is 9.71. The van der Waals surface area contributed by atoms with Crippen LogP contribution < -0.4 is 5.32 Å². The molecule has 1 fully saturated rings. The highest BCUT2D eigenvalue weighted by Crippen LogP contribution is 2.06. The number of nitrogens with zero attached hydrogens (tertiary/aromatic N) is 5. The van der Waals surface area contributed by atoms with Crippen molar-refractivity contribution < 1.29 is 23.8 Å². The maximum atomic E-state index is 12.5. The van der Waals surface area contributed by atoms with Gasteiger partial charge < -0.3 is 14.2 Å². The molecule has 2 heterocycles. The van der Waals surface area contributed by atoms with Gasteiger partial charge in [-0.05, 0) is 17.2 Å². The number of amides is 2. The summed E-state index contributed by atoms with van der Waals surface area (Å²) in [6.45, 7) is 7.57. The van der Waals surface area contributed by atoms with Crippen molar-refractivity contribution in [3.8, 4) is 0 Å². The third kappa shape index (κ3) is 10.8. The van der Waals surface area contributed by atoms with Gasteiger partial charge in [0, 0.05) is 52.6 Å². The van der Waals surface area contributed by atoms with Gasteiger partial charge >= 0.3 is 12.2 Å². The van der Waals surface area contributed by atoms with Gasteiger partial charge in [0.15, 0.2) is 0 Å². The second-order valence-electron chi connectivity index (χ2n) is 9.71. The van der Waals surface area contributed by atoms with Crippen LogP contribution in [-0.2, 0) is 40.4 Å². The molecule has 41 heavy (non-hydrogen) atoms. The van der Waals surface area contributed by atoms with Gasteiger partial charge in [-0.1, -0.05) is 60.7 Å². The number of aromatic nitrogens is 2. The Balaban J connectivity index is 1.31. The quantitative estimate of drug-likeness (QED) is 0.264. The van der Waals surface area contributed by atoms with Crippen molar-refractivity contribution in [3.05, 3.63) is 89.7 Å². The number of methoxy groups -OCH3 is 1. The van der Waals surface area contributed by atoms with Crippen molar-refractivity contribution in [2.75, 3.05) is 53.0 Å². The minimum Gasteiger partial charge on any atom is -0.444 e. The summed E-state index contributed by atoms with van der Waals surface area (Å²) in [6, 6.07) is 20.5. The molecule has 0 atom stereocenters. The fourth-order valence-corrected chi connectivity index (χ4v) is 4.35. The molecule has 1 aromatic heterocycles. The fourth-order valence-electron chi connectivity index (χ4n) is 4.35. The third-order valence-corrected chi connectivity index (χ3v) is 6.66. The summed E-state index contributed by atoms with van der Waals surface area (Å²) >= 11 is 0. The molecule has 218 valence electrons. The molecule has 0 aliphatic carbocycles. The molecule has 0 unspecified atom stereocenters. The van der Waals surface area contributed by atoms with Crippen LogP contribution >= 0.6 is 0 Å². The maximum Gasteiger partial charge on any atom is 0.435 e. The molecular formula is C30H38N6O5. The number of hydrogen-bond donors (Lipinski definition) is 1. The zero-order valence-electron chi connectivity index (χ0n) is 23.5. The summed E-state index contributed by atoms with van der Waals surface area (Å²) < 4.78 is 17.7. The summed E-state index contributed by atoms with van der Waals surface area (Å²) in [6.07, 6.45) is 0.499. The van der Waals surface area contributed by atoms with Crippen LogP contribution in [0, 0.1) is 0 Å². The van der Waals surface area contributed by atoms with Gasteiger partial charge in [-0.25, -0.2) is 9.59 Å². The molecular weight excluding hydrogens is 524 g/mol. The molecule has 0 bridgehead atoms. The Labute approximate surface area is 240 Å². The number of ether oxygens (including phenoxy) is 3. The van der Waals surface area contributed by atoms with Crippen LogP contribution in [0.3, 0.4) is 0 Å². The van der Waals surface area contributed by atoms with Gasteiger partial charge in [0.25, 0.3) is 0 Å². The number of rotatable bonds is 12. The molecule has 1 N–H and O–H groups in total. The lowest BCUT2D eigenvalue weighted by Crippen LogP contribution is -2.47. The molecule has 2 aromatic carbocycles. The lowest BCUT2D eigenvalue weighted by molar-refractivity contribution is 0.0948. The van der Waals surface area contributed by atoms with Gasteiger partial charge in [-0.15, -0.1) is 0 Å². The number of nitrogens with one attached hydrogen (secondary N) is 1. The number of hydrogen-bond acceptors (Lipinski definition) is 8. The molecule has 0 spiro atoms. The van der Waals surface area contributed by atoms with Gasteiger partial charge in [-0.3, -0.25) is 19.8 Å². The van der Waals surface area contributed by atoms with Crippen LogP contribution in [0.25, 0.3) is 0 Å². The van der Waals surface area contributed by atoms with E-state index >= 15 is 0 Å². The Bertz CT molecular complexity index is 1240. The number of aliphatic imine (C=N–C) groups is 1. The minimum atomic E-state index is -0.809. The van der Waals surface area contributed by atoms with Gasteiger partial charge in [0.1, 0.15) is 19.0 Å². The summed E-state index contributed by atoms with van der Waals surface area (Å²) in [5.41, 5.74) is 2.34. The monoisotopic (exact) mass is 562 g/mol. The van der Waals surface area contributed by atoms with Crippen LogP contribution in [0.4, 0.5) is 9.59 Å². The van der Waals surface area contributed by atoms with E-state index in [1.165, 1.54) is 0 Å². The summed E-state index contributed by atoms with van der Waals surface area (Å²) in [5.74, 6) is 0.0959. The Morgan fingerprint density at radius 3 is 2.07 bits per heavy atom. The molecule has 0 saturated carbocycles. The smallest absolute Gasteiger partial charge is 0.435 e. The third-order valence-electron chi connectivity index (χ3n) is 6.66.